The molecule has 0 heterocycles. The van der Waals surface area contributed by atoms with Gasteiger partial charge in [0.05, 0.1) is 5.92 Å². The van der Waals surface area contributed by atoms with Crippen molar-refractivity contribution in [1.29, 1.82) is 0 Å². The average Bonchev–Trinajstić information content (AvgIpc) is 2.14. The van der Waals surface area contributed by atoms with Crippen molar-refractivity contribution >= 4 is 0 Å². The smallest absolute Gasteiger partial charge is 0.170 e. The lowest BCUT2D eigenvalue weighted by atomic mass is 10.1. The number of halogens is 3. The molecule has 72 valence electrons. The Morgan fingerprint density at radius 2 is 1.31 bits per heavy atom. The molecule has 0 amide bonds. The van der Waals surface area contributed by atoms with Gasteiger partial charge in [0.1, 0.15) is 0 Å². The van der Waals surface area contributed by atoms with Gasteiger partial charge >= 0.3 is 6.18 Å². The van der Waals surface area contributed by atoms with Gasteiger partial charge in [-0.3, -0.25) is 0 Å². The van der Waals surface area contributed by atoms with Crippen LogP contribution in [0.4, 0.5) is 13.2 Å². The lowest BCUT2D eigenvalue weighted by Gasteiger charge is -2.11. The second kappa shape index (κ2) is 4.30. The van der Waals surface area contributed by atoms with E-state index in [1.807, 2.05) is 12.2 Å². The SMILES string of the molecule is FC(F)(F)C1C=CC/C=C\CC=C1. The van der Waals surface area contributed by atoms with E-state index in [-0.39, 0.29) is 0 Å². The molecule has 0 aromatic carbocycles. The number of rotatable bonds is 0. The van der Waals surface area contributed by atoms with Crippen molar-refractivity contribution in [1.82, 2.24) is 0 Å². The van der Waals surface area contributed by atoms with Gasteiger partial charge in [0, 0.05) is 0 Å². The first-order chi connectivity index (χ1) is 6.11. The second-order valence-electron chi connectivity index (χ2n) is 2.87. The van der Waals surface area contributed by atoms with Crippen LogP contribution in [0.1, 0.15) is 12.8 Å². The quantitative estimate of drug-likeness (QED) is 0.509. The van der Waals surface area contributed by atoms with Crippen LogP contribution in [0.5, 0.6) is 0 Å². The van der Waals surface area contributed by atoms with Gasteiger partial charge in [-0.25, -0.2) is 0 Å². The van der Waals surface area contributed by atoms with Gasteiger partial charge in [-0.1, -0.05) is 36.5 Å². The van der Waals surface area contributed by atoms with Crippen molar-refractivity contribution < 1.29 is 13.2 Å². The molecule has 0 aliphatic heterocycles. The summed E-state index contributed by atoms with van der Waals surface area (Å²) in [4.78, 5) is 0. The zero-order valence-corrected chi connectivity index (χ0v) is 7.09. The Morgan fingerprint density at radius 3 is 1.69 bits per heavy atom. The standard InChI is InChI=1S/C10H11F3/c11-10(12,13)9-7-5-3-1-2-4-6-8-9/h1-2,5-9H,3-4H2/b2-1-,7-5?,8-6?. The summed E-state index contributed by atoms with van der Waals surface area (Å²) in [5, 5.41) is 0. The molecular weight excluding hydrogens is 177 g/mol. The summed E-state index contributed by atoms with van der Waals surface area (Å²) in [5.74, 6) is -1.42. The lowest BCUT2D eigenvalue weighted by molar-refractivity contribution is -0.148. The first-order valence-electron chi connectivity index (χ1n) is 4.16. The minimum absolute atomic E-state index is 0.578. The van der Waals surface area contributed by atoms with E-state index in [4.69, 9.17) is 0 Å². The van der Waals surface area contributed by atoms with Gasteiger partial charge in [0.15, 0.2) is 0 Å². The maximum atomic E-state index is 12.3. The van der Waals surface area contributed by atoms with Crippen molar-refractivity contribution in [2.75, 3.05) is 0 Å². The first kappa shape index (κ1) is 10.1. The number of allylic oxidation sites excluding steroid dienone is 6. The van der Waals surface area contributed by atoms with Crippen molar-refractivity contribution in [3.63, 3.8) is 0 Å². The lowest BCUT2D eigenvalue weighted by Crippen LogP contribution is -2.18. The zero-order valence-electron chi connectivity index (χ0n) is 7.09. The van der Waals surface area contributed by atoms with Crippen molar-refractivity contribution in [2.24, 2.45) is 5.92 Å². The molecule has 1 rings (SSSR count). The molecule has 0 bridgehead atoms. The van der Waals surface area contributed by atoms with Crippen molar-refractivity contribution in [3.05, 3.63) is 36.5 Å². The van der Waals surface area contributed by atoms with Crippen LogP contribution in [-0.2, 0) is 0 Å². The molecular formula is C10H11F3. The van der Waals surface area contributed by atoms with Gasteiger partial charge in [-0.05, 0) is 12.8 Å². The maximum absolute atomic E-state index is 12.3. The molecule has 1 aliphatic rings. The molecule has 0 spiro atoms. The average molecular weight is 188 g/mol. The van der Waals surface area contributed by atoms with Gasteiger partial charge in [-0.15, -0.1) is 0 Å². The summed E-state index contributed by atoms with van der Waals surface area (Å²) < 4.78 is 36.8. The maximum Gasteiger partial charge on any atom is 0.398 e. The summed E-state index contributed by atoms with van der Waals surface area (Å²) in [6, 6.07) is 0. The minimum atomic E-state index is -4.16. The van der Waals surface area contributed by atoms with E-state index >= 15 is 0 Å². The largest absolute Gasteiger partial charge is 0.398 e. The number of hydrogen-bond donors (Lipinski definition) is 0. The molecule has 0 fully saturated rings. The van der Waals surface area contributed by atoms with Gasteiger partial charge in [-0.2, -0.15) is 13.2 Å². The predicted molar refractivity (Wildman–Crippen MR) is 46.2 cm³/mol. The van der Waals surface area contributed by atoms with Crippen LogP contribution in [-0.4, -0.2) is 6.18 Å². The highest BCUT2D eigenvalue weighted by molar-refractivity contribution is 5.09. The fraction of sp³-hybridized carbons (Fsp3) is 0.400. The Balaban J connectivity index is 2.73. The van der Waals surface area contributed by atoms with E-state index in [0.29, 0.717) is 12.8 Å². The predicted octanol–water partition coefficient (Wildman–Crippen LogP) is 3.63. The molecule has 0 saturated carbocycles. The second-order valence-corrected chi connectivity index (χ2v) is 2.87. The third-order valence-corrected chi connectivity index (χ3v) is 1.78. The Morgan fingerprint density at radius 1 is 0.846 bits per heavy atom. The molecule has 0 aromatic heterocycles. The van der Waals surface area contributed by atoms with Gasteiger partial charge in [0.25, 0.3) is 0 Å². The van der Waals surface area contributed by atoms with E-state index < -0.39 is 12.1 Å². The van der Waals surface area contributed by atoms with Crippen molar-refractivity contribution in [3.8, 4) is 0 Å². The highest BCUT2D eigenvalue weighted by Gasteiger charge is 2.35. The summed E-state index contributed by atoms with van der Waals surface area (Å²) >= 11 is 0. The van der Waals surface area contributed by atoms with E-state index in [9.17, 15) is 13.2 Å². The highest BCUT2D eigenvalue weighted by Crippen LogP contribution is 2.28. The first-order valence-corrected chi connectivity index (χ1v) is 4.16. The Hall–Kier alpha value is -0.990. The highest BCUT2D eigenvalue weighted by atomic mass is 19.4. The normalized spacial score (nSPS) is 26.2. The van der Waals surface area contributed by atoms with Crippen LogP contribution in [0.25, 0.3) is 0 Å². The van der Waals surface area contributed by atoms with Gasteiger partial charge in [0.2, 0.25) is 0 Å². The zero-order chi connectivity index (χ0) is 9.73. The van der Waals surface area contributed by atoms with Crippen LogP contribution in [0.3, 0.4) is 0 Å². The molecule has 0 nitrogen and oxygen atoms in total. The summed E-state index contributed by atoms with van der Waals surface area (Å²) in [5.41, 5.74) is 0. The molecule has 1 aliphatic carbocycles. The third-order valence-electron chi connectivity index (χ3n) is 1.78. The Labute approximate surface area is 75.4 Å². The monoisotopic (exact) mass is 188 g/mol. The molecule has 0 saturated heterocycles. The molecule has 0 aromatic rings. The summed E-state index contributed by atoms with van der Waals surface area (Å²) in [6.07, 6.45) is 6.21. The Bertz CT molecular complexity index is 215. The Kier molecular flexibility index (Phi) is 3.34. The molecule has 0 N–H and O–H groups in total. The molecule has 3 heteroatoms. The topological polar surface area (TPSA) is 0 Å². The van der Waals surface area contributed by atoms with Crippen LogP contribution in [0, 0.1) is 5.92 Å². The number of alkyl halides is 3. The van der Waals surface area contributed by atoms with Gasteiger partial charge < -0.3 is 0 Å². The fourth-order valence-corrected chi connectivity index (χ4v) is 1.08. The van der Waals surface area contributed by atoms with E-state index in [1.165, 1.54) is 12.2 Å². The molecule has 0 unspecified atom stereocenters. The fourth-order valence-electron chi connectivity index (χ4n) is 1.08. The third kappa shape index (κ3) is 3.49. The van der Waals surface area contributed by atoms with Crippen LogP contribution in [0.15, 0.2) is 36.5 Å². The number of hydrogen-bond acceptors (Lipinski definition) is 0. The van der Waals surface area contributed by atoms with Crippen LogP contribution in [0.2, 0.25) is 0 Å². The van der Waals surface area contributed by atoms with E-state index in [1.54, 1.807) is 12.2 Å². The van der Waals surface area contributed by atoms with E-state index in [0.717, 1.165) is 0 Å². The molecule has 0 atom stereocenters. The van der Waals surface area contributed by atoms with Crippen LogP contribution < -0.4 is 0 Å². The minimum Gasteiger partial charge on any atom is -0.170 e. The summed E-state index contributed by atoms with van der Waals surface area (Å²) in [7, 11) is 0. The van der Waals surface area contributed by atoms with Crippen LogP contribution >= 0.6 is 0 Å². The molecule has 0 radical (unpaired) electrons. The summed E-state index contributed by atoms with van der Waals surface area (Å²) in [6.45, 7) is 0. The molecule has 13 heavy (non-hydrogen) atoms. The van der Waals surface area contributed by atoms with E-state index in [2.05, 4.69) is 0 Å². The van der Waals surface area contributed by atoms with Crippen molar-refractivity contribution in [2.45, 2.75) is 19.0 Å².